The van der Waals surface area contributed by atoms with E-state index < -0.39 is 5.91 Å². The Kier molecular flexibility index (Phi) is 6.84. The molecule has 0 radical (unpaired) electrons. The number of rotatable bonds is 6. The van der Waals surface area contributed by atoms with Gasteiger partial charge in [0.05, 0.1) is 7.11 Å². The number of halogens is 1. The maximum absolute atomic E-state index is 12.3. The smallest absolute Gasteiger partial charge is 0.266 e. The lowest BCUT2D eigenvalue weighted by atomic mass is 10.1. The van der Waals surface area contributed by atoms with Gasteiger partial charge in [-0.25, -0.2) is 0 Å². The van der Waals surface area contributed by atoms with E-state index in [9.17, 15) is 10.1 Å². The summed E-state index contributed by atoms with van der Waals surface area (Å²) in [5, 5.41) is 12.0. The van der Waals surface area contributed by atoms with Crippen molar-refractivity contribution in [2.24, 2.45) is 0 Å². The van der Waals surface area contributed by atoms with Gasteiger partial charge in [-0.1, -0.05) is 34.0 Å². The Balaban J connectivity index is 2.23. The molecular formula is C20H15BrN2O3. The van der Waals surface area contributed by atoms with Crippen molar-refractivity contribution in [2.45, 2.75) is 0 Å². The van der Waals surface area contributed by atoms with Crippen molar-refractivity contribution in [1.82, 2.24) is 0 Å². The number of nitrogens with one attached hydrogen (secondary N) is 1. The van der Waals surface area contributed by atoms with E-state index >= 15 is 0 Å². The SMILES string of the molecule is C#CCOc1ccc(/C=C(\C#N)C(=O)Nc2cccc(Br)c2)cc1OC. The lowest BCUT2D eigenvalue weighted by Crippen LogP contribution is -2.13. The number of nitrogens with zero attached hydrogens (tertiary/aromatic N) is 1. The van der Waals surface area contributed by atoms with E-state index in [1.54, 1.807) is 36.4 Å². The van der Waals surface area contributed by atoms with Gasteiger partial charge >= 0.3 is 0 Å². The van der Waals surface area contributed by atoms with E-state index in [0.29, 0.717) is 22.7 Å². The minimum Gasteiger partial charge on any atom is -0.493 e. The highest BCUT2D eigenvalue weighted by Gasteiger charge is 2.11. The quantitative estimate of drug-likeness (QED) is 0.443. The summed E-state index contributed by atoms with van der Waals surface area (Å²) >= 11 is 3.33. The van der Waals surface area contributed by atoms with Gasteiger partial charge in [0.25, 0.3) is 5.91 Å². The lowest BCUT2D eigenvalue weighted by Gasteiger charge is -2.09. The van der Waals surface area contributed by atoms with Crippen LogP contribution in [0.15, 0.2) is 52.5 Å². The molecule has 0 spiro atoms. The van der Waals surface area contributed by atoms with Crippen molar-refractivity contribution < 1.29 is 14.3 Å². The summed E-state index contributed by atoms with van der Waals surface area (Å²) < 4.78 is 11.5. The van der Waals surface area contributed by atoms with Crippen LogP contribution in [0.4, 0.5) is 5.69 Å². The average molecular weight is 411 g/mol. The molecule has 0 saturated carbocycles. The fourth-order valence-corrected chi connectivity index (χ4v) is 2.49. The molecule has 1 amide bonds. The number of amides is 1. The molecule has 130 valence electrons. The fourth-order valence-electron chi connectivity index (χ4n) is 2.09. The standard InChI is InChI=1S/C20H15BrN2O3/c1-3-9-26-18-8-7-14(11-19(18)25-2)10-15(13-22)20(24)23-17-6-4-5-16(21)12-17/h1,4-8,10-12H,9H2,2H3,(H,23,24)/b15-10+. The average Bonchev–Trinajstić information content (AvgIpc) is 2.64. The van der Waals surface area contributed by atoms with Gasteiger partial charge in [0.2, 0.25) is 0 Å². The molecule has 0 fully saturated rings. The topological polar surface area (TPSA) is 71.3 Å². The molecule has 0 aliphatic carbocycles. The van der Waals surface area contributed by atoms with Crippen LogP contribution in [0.25, 0.3) is 6.08 Å². The van der Waals surface area contributed by atoms with E-state index in [-0.39, 0.29) is 12.2 Å². The van der Waals surface area contributed by atoms with Crippen LogP contribution in [0.5, 0.6) is 11.5 Å². The van der Waals surface area contributed by atoms with Gasteiger partial charge in [-0.2, -0.15) is 5.26 Å². The second-order valence-corrected chi connectivity index (χ2v) is 5.95. The first kappa shape index (κ1) is 19.1. The molecule has 2 rings (SSSR count). The molecule has 0 atom stereocenters. The van der Waals surface area contributed by atoms with Gasteiger partial charge in [0.1, 0.15) is 18.2 Å². The van der Waals surface area contributed by atoms with Crippen LogP contribution in [0.1, 0.15) is 5.56 Å². The van der Waals surface area contributed by atoms with Crippen molar-refractivity contribution in [2.75, 3.05) is 19.0 Å². The third kappa shape index (κ3) is 5.14. The molecule has 0 heterocycles. The van der Waals surface area contributed by atoms with E-state index in [1.807, 2.05) is 12.1 Å². The maximum Gasteiger partial charge on any atom is 0.266 e. The van der Waals surface area contributed by atoms with Crippen molar-refractivity contribution in [1.29, 1.82) is 5.26 Å². The third-order valence-corrected chi connectivity index (χ3v) is 3.75. The molecule has 5 nitrogen and oxygen atoms in total. The van der Waals surface area contributed by atoms with E-state index in [1.165, 1.54) is 13.2 Å². The Bertz CT molecular complexity index is 923. The van der Waals surface area contributed by atoms with E-state index in [4.69, 9.17) is 15.9 Å². The first-order valence-electron chi connectivity index (χ1n) is 7.50. The number of anilines is 1. The number of hydrogen-bond donors (Lipinski definition) is 1. The van der Waals surface area contributed by atoms with Gasteiger partial charge in [0.15, 0.2) is 11.5 Å². The normalized spacial score (nSPS) is 10.4. The summed E-state index contributed by atoms with van der Waals surface area (Å²) in [6, 6.07) is 14.1. The van der Waals surface area contributed by atoms with Gasteiger partial charge in [-0.3, -0.25) is 4.79 Å². The first-order valence-corrected chi connectivity index (χ1v) is 8.29. The Morgan fingerprint density at radius 1 is 1.31 bits per heavy atom. The number of carbonyl (C=O) groups is 1. The molecule has 0 aliphatic heterocycles. The molecule has 26 heavy (non-hydrogen) atoms. The van der Waals surface area contributed by atoms with Crippen LogP contribution in [-0.2, 0) is 4.79 Å². The van der Waals surface area contributed by atoms with Crippen molar-refractivity contribution in [3.05, 3.63) is 58.1 Å². The summed E-state index contributed by atoms with van der Waals surface area (Å²) in [6.07, 6.45) is 6.65. The van der Waals surface area contributed by atoms with E-state index in [2.05, 4.69) is 27.2 Å². The van der Waals surface area contributed by atoms with E-state index in [0.717, 1.165) is 4.47 Å². The van der Waals surface area contributed by atoms with Crippen molar-refractivity contribution in [3.63, 3.8) is 0 Å². The fraction of sp³-hybridized carbons (Fsp3) is 0.100. The predicted octanol–water partition coefficient (Wildman–Crippen LogP) is 4.02. The number of terminal acetylenes is 1. The van der Waals surface area contributed by atoms with Gasteiger partial charge in [-0.15, -0.1) is 6.42 Å². The molecule has 6 heteroatoms. The largest absolute Gasteiger partial charge is 0.493 e. The Morgan fingerprint density at radius 2 is 2.12 bits per heavy atom. The number of hydrogen-bond acceptors (Lipinski definition) is 4. The molecule has 2 aromatic carbocycles. The maximum atomic E-state index is 12.3. The first-order chi connectivity index (χ1) is 12.6. The summed E-state index contributed by atoms with van der Waals surface area (Å²) in [7, 11) is 1.50. The number of benzene rings is 2. The predicted molar refractivity (Wildman–Crippen MR) is 104 cm³/mol. The molecule has 0 aromatic heterocycles. The molecular weight excluding hydrogens is 396 g/mol. The second-order valence-electron chi connectivity index (χ2n) is 5.04. The monoisotopic (exact) mass is 410 g/mol. The Labute approximate surface area is 160 Å². The zero-order chi connectivity index (χ0) is 18.9. The van der Waals surface area contributed by atoms with Crippen LogP contribution < -0.4 is 14.8 Å². The Hall–Kier alpha value is -3.22. The second kappa shape index (κ2) is 9.31. The molecule has 2 aromatic rings. The molecule has 0 aliphatic rings. The molecule has 0 bridgehead atoms. The molecule has 0 saturated heterocycles. The van der Waals surface area contributed by atoms with Gasteiger partial charge < -0.3 is 14.8 Å². The highest BCUT2D eigenvalue weighted by atomic mass is 79.9. The highest BCUT2D eigenvalue weighted by molar-refractivity contribution is 9.10. The lowest BCUT2D eigenvalue weighted by molar-refractivity contribution is -0.112. The van der Waals surface area contributed by atoms with Crippen LogP contribution >= 0.6 is 15.9 Å². The minimum absolute atomic E-state index is 0.0377. The van der Waals surface area contributed by atoms with Crippen LogP contribution in [0, 0.1) is 23.7 Å². The van der Waals surface area contributed by atoms with Crippen molar-refractivity contribution in [3.8, 4) is 29.9 Å². The zero-order valence-electron chi connectivity index (χ0n) is 14.0. The van der Waals surface area contributed by atoms with Crippen molar-refractivity contribution >= 4 is 33.6 Å². The van der Waals surface area contributed by atoms with Gasteiger partial charge in [0, 0.05) is 10.2 Å². The molecule has 0 unspecified atom stereocenters. The minimum atomic E-state index is -0.503. The third-order valence-electron chi connectivity index (χ3n) is 3.26. The summed E-state index contributed by atoms with van der Waals surface area (Å²) in [5.74, 6) is 2.82. The van der Waals surface area contributed by atoms with Crippen LogP contribution in [0.2, 0.25) is 0 Å². The molecule has 1 N–H and O–H groups in total. The van der Waals surface area contributed by atoms with Crippen LogP contribution in [0.3, 0.4) is 0 Å². The summed E-state index contributed by atoms with van der Waals surface area (Å²) in [5.41, 5.74) is 1.17. The number of carbonyl (C=O) groups excluding carboxylic acids is 1. The highest BCUT2D eigenvalue weighted by Crippen LogP contribution is 2.29. The van der Waals surface area contributed by atoms with Gasteiger partial charge in [-0.05, 0) is 42.0 Å². The Morgan fingerprint density at radius 3 is 2.77 bits per heavy atom. The summed E-state index contributed by atoms with van der Waals surface area (Å²) in [6.45, 7) is 0.115. The summed E-state index contributed by atoms with van der Waals surface area (Å²) in [4.78, 5) is 12.3. The zero-order valence-corrected chi connectivity index (χ0v) is 15.5. The van der Waals surface area contributed by atoms with Crippen LogP contribution in [-0.4, -0.2) is 19.6 Å². The number of ether oxygens (including phenoxy) is 2. The number of nitriles is 1. The number of methoxy groups -OCH3 is 1.